The Bertz CT molecular complexity index is 373. The van der Waals surface area contributed by atoms with Crippen LogP contribution in [0, 0.1) is 0 Å². The Labute approximate surface area is 102 Å². The Balaban J connectivity index is 1.97. The summed E-state index contributed by atoms with van der Waals surface area (Å²) in [5.74, 6) is 6.02. The molecule has 5 heteroatoms. The Morgan fingerprint density at radius 2 is 2.24 bits per heavy atom. The van der Waals surface area contributed by atoms with E-state index in [4.69, 9.17) is 5.84 Å². The quantitative estimate of drug-likeness (QED) is 0.530. The molecule has 1 aromatic rings. The minimum Gasteiger partial charge on any atom is -0.383 e. The van der Waals surface area contributed by atoms with E-state index in [1.165, 1.54) is 19.3 Å². The van der Waals surface area contributed by atoms with Crippen LogP contribution >= 0.6 is 0 Å². The van der Waals surface area contributed by atoms with Crippen molar-refractivity contribution in [2.24, 2.45) is 5.84 Å². The maximum absolute atomic E-state index is 5.34. The van der Waals surface area contributed by atoms with Crippen molar-refractivity contribution in [2.45, 2.75) is 24.8 Å². The second-order valence-electron chi connectivity index (χ2n) is 4.90. The maximum Gasteiger partial charge on any atom is 0.141 e. The average Bonchev–Trinajstić information content (AvgIpc) is 2.27. The maximum atomic E-state index is 5.34. The second-order valence-corrected chi connectivity index (χ2v) is 4.90. The van der Waals surface area contributed by atoms with Crippen LogP contribution < -0.4 is 16.6 Å². The molecule has 0 aliphatic heterocycles. The third-order valence-corrected chi connectivity index (χ3v) is 3.76. The molecular formula is C12H21N5. The van der Waals surface area contributed by atoms with Crippen LogP contribution in [0.1, 0.15) is 19.3 Å². The molecule has 17 heavy (non-hydrogen) atoms. The number of nitrogen functional groups attached to an aromatic ring is 1. The van der Waals surface area contributed by atoms with Gasteiger partial charge in [0, 0.05) is 30.0 Å². The first-order valence-electron chi connectivity index (χ1n) is 6.00. The lowest BCUT2D eigenvalue weighted by atomic mass is 9.75. The van der Waals surface area contributed by atoms with E-state index in [9.17, 15) is 0 Å². The molecule has 0 amide bonds. The highest BCUT2D eigenvalue weighted by Gasteiger charge is 2.38. The van der Waals surface area contributed by atoms with Gasteiger partial charge >= 0.3 is 0 Å². The topological polar surface area (TPSA) is 66.2 Å². The predicted molar refractivity (Wildman–Crippen MR) is 70.8 cm³/mol. The van der Waals surface area contributed by atoms with E-state index < -0.39 is 0 Å². The van der Waals surface area contributed by atoms with Gasteiger partial charge in [-0.15, -0.1) is 0 Å². The summed E-state index contributed by atoms with van der Waals surface area (Å²) < 4.78 is 0. The van der Waals surface area contributed by atoms with Crippen LogP contribution in [0.25, 0.3) is 0 Å². The van der Waals surface area contributed by atoms with E-state index in [2.05, 4.69) is 34.7 Å². The second kappa shape index (κ2) is 4.89. The van der Waals surface area contributed by atoms with Crippen LogP contribution in [0.2, 0.25) is 0 Å². The number of aromatic nitrogens is 1. The molecule has 5 nitrogen and oxygen atoms in total. The molecule has 4 N–H and O–H groups in total. The standard InChI is InChI=1S/C12H21N5/c1-17(2)12(5-3-6-12)9-15-10-4-7-14-11(8-10)16-13/h4,7-8H,3,5-6,9,13H2,1-2H3,(H2,14,15,16). The Morgan fingerprint density at radius 1 is 1.47 bits per heavy atom. The molecule has 0 bridgehead atoms. The van der Waals surface area contributed by atoms with Gasteiger partial charge in [0.1, 0.15) is 5.82 Å². The summed E-state index contributed by atoms with van der Waals surface area (Å²) in [7, 11) is 4.31. The number of likely N-dealkylation sites (N-methyl/N-ethyl adjacent to an activating group) is 1. The molecule has 0 radical (unpaired) electrons. The van der Waals surface area contributed by atoms with Gasteiger partial charge < -0.3 is 15.6 Å². The smallest absolute Gasteiger partial charge is 0.141 e. The first kappa shape index (κ1) is 12.1. The molecule has 1 saturated carbocycles. The lowest BCUT2D eigenvalue weighted by molar-refractivity contribution is 0.0739. The van der Waals surface area contributed by atoms with E-state index >= 15 is 0 Å². The fourth-order valence-corrected chi connectivity index (χ4v) is 2.25. The van der Waals surface area contributed by atoms with Gasteiger partial charge in [0.2, 0.25) is 0 Å². The number of nitrogens with zero attached hydrogens (tertiary/aromatic N) is 2. The summed E-state index contributed by atoms with van der Waals surface area (Å²) >= 11 is 0. The van der Waals surface area contributed by atoms with Crippen LogP contribution in [-0.2, 0) is 0 Å². The number of rotatable bonds is 5. The molecule has 1 aliphatic rings. The summed E-state index contributed by atoms with van der Waals surface area (Å²) in [6.45, 7) is 0.966. The molecule has 94 valence electrons. The number of pyridine rings is 1. The largest absolute Gasteiger partial charge is 0.383 e. The van der Waals surface area contributed by atoms with Crippen LogP contribution in [-0.4, -0.2) is 36.1 Å². The van der Waals surface area contributed by atoms with Gasteiger partial charge in [0.25, 0.3) is 0 Å². The summed E-state index contributed by atoms with van der Waals surface area (Å²) in [6.07, 6.45) is 5.60. The molecule has 2 rings (SSSR count). The summed E-state index contributed by atoms with van der Waals surface area (Å²) in [5.41, 5.74) is 3.93. The third kappa shape index (κ3) is 2.50. The summed E-state index contributed by atoms with van der Waals surface area (Å²) in [4.78, 5) is 6.41. The van der Waals surface area contributed by atoms with Gasteiger partial charge in [-0.05, 0) is 39.4 Å². The van der Waals surface area contributed by atoms with Crippen molar-refractivity contribution in [3.05, 3.63) is 18.3 Å². The van der Waals surface area contributed by atoms with E-state index in [-0.39, 0.29) is 0 Å². The lowest BCUT2D eigenvalue weighted by Gasteiger charge is -2.47. The van der Waals surface area contributed by atoms with Crippen LogP contribution in [0.4, 0.5) is 11.5 Å². The van der Waals surface area contributed by atoms with Crippen molar-refractivity contribution >= 4 is 11.5 Å². The zero-order valence-corrected chi connectivity index (χ0v) is 10.5. The normalized spacial score (nSPS) is 17.6. The molecule has 0 unspecified atom stereocenters. The van der Waals surface area contributed by atoms with E-state index in [1.807, 2.05) is 12.1 Å². The van der Waals surface area contributed by atoms with Gasteiger partial charge in [0.15, 0.2) is 0 Å². The van der Waals surface area contributed by atoms with Gasteiger partial charge in [-0.25, -0.2) is 10.8 Å². The van der Waals surface area contributed by atoms with Gasteiger partial charge in [-0.3, -0.25) is 0 Å². The van der Waals surface area contributed by atoms with Crippen LogP contribution in [0.15, 0.2) is 18.3 Å². The van der Waals surface area contributed by atoms with Crippen LogP contribution in [0.3, 0.4) is 0 Å². The average molecular weight is 235 g/mol. The highest BCUT2D eigenvalue weighted by molar-refractivity contribution is 5.51. The monoisotopic (exact) mass is 235 g/mol. The van der Waals surface area contributed by atoms with Gasteiger partial charge in [-0.1, -0.05) is 0 Å². The zero-order chi connectivity index (χ0) is 12.3. The number of nitrogens with two attached hydrogens (primary N) is 1. The first-order chi connectivity index (χ1) is 8.16. The van der Waals surface area contributed by atoms with Crippen molar-refractivity contribution in [3.63, 3.8) is 0 Å². The zero-order valence-electron chi connectivity index (χ0n) is 10.5. The third-order valence-electron chi connectivity index (χ3n) is 3.76. The Morgan fingerprint density at radius 3 is 2.76 bits per heavy atom. The fourth-order valence-electron chi connectivity index (χ4n) is 2.25. The van der Waals surface area contributed by atoms with E-state index in [0.717, 1.165) is 12.2 Å². The number of hydrogen-bond acceptors (Lipinski definition) is 5. The molecule has 1 heterocycles. The highest BCUT2D eigenvalue weighted by atomic mass is 15.2. The van der Waals surface area contributed by atoms with Crippen molar-refractivity contribution in [1.29, 1.82) is 0 Å². The molecule has 1 aliphatic carbocycles. The van der Waals surface area contributed by atoms with Crippen molar-refractivity contribution in [2.75, 3.05) is 31.4 Å². The number of anilines is 2. The number of nitrogens with one attached hydrogen (secondary N) is 2. The number of hydrazine groups is 1. The van der Waals surface area contributed by atoms with Crippen molar-refractivity contribution < 1.29 is 0 Å². The van der Waals surface area contributed by atoms with E-state index in [1.54, 1.807) is 6.20 Å². The Kier molecular flexibility index (Phi) is 3.49. The van der Waals surface area contributed by atoms with Gasteiger partial charge in [0.05, 0.1) is 0 Å². The minimum atomic E-state index is 0.319. The summed E-state index contributed by atoms with van der Waals surface area (Å²) in [5, 5.41) is 3.47. The molecular weight excluding hydrogens is 214 g/mol. The van der Waals surface area contributed by atoms with Gasteiger partial charge in [-0.2, -0.15) is 0 Å². The first-order valence-corrected chi connectivity index (χ1v) is 6.00. The predicted octanol–water partition coefficient (Wildman–Crippen LogP) is 1.26. The SMILES string of the molecule is CN(C)C1(CNc2ccnc(NN)c2)CCC1. The molecule has 0 saturated heterocycles. The van der Waals surface area contributed by atoms with Crippen molar-refractivity contribution in [3.8, 4) is 0 Å². The molecule has 0 atom stereocenters. The number of hydrogen-bond donors (Lipinski definition) is 3. The minimum absolute atomic E-state index is 0.319. The molecule has 0 spiro atoms. The lowest BCUT2D eigenvalue weighted by Crippen LogP contribution is -2.54. The van der Waals surface area contributed by atoms with Crippen molar-refractivity contribution in [1.82, 2.24) is 9.88 Å². The van der Waals surface area contributed by atoms with E-state index in [0.29, 0.717) is 11.4 Å². The summed E-state index contributed by atoms with van der Waals surface area (Å²) in [6, 6.07) is 3.88. The highest BCUT2D eigenvalue weighted by Crippen LogP contribution is 2.36. The fraction of sp³-hybridized carbons (Fsp3) is 0.583. The molecule has 1 aromatic heterocycles. The molecule has 1 fully saturated rings. The Hall–Kier alpha value is -1.33. The molecule has 0 aromatic carbocycles. The van der Waals surface area contributed by atoms with Crippen LogP contribution in [0.5, 0.6) is 0 Å².